The van der Waals surface area contributed by atoms with E-state index >= 15 is 0 Å². The maximum Gasteiger partial charge on any atom is 0.127 e. The molecule has 0 amide bonds. The summed E-state index contributed by atoms with van der Waals surface area (Å²) in [6.07, 6.45) is 4.04. The maximum atomic E-state index is 13.3. The third-order valence-corrected chi connectivity index (χ3v) is 4.01. The minimum atomic E-state index is -0.0815. The van der Waals surface area contributed by atoms with Crippen molar-refractivity contribution in [2.75, 3.05) is 12.3 Å². The highest BCUT2D eigenvalue weighted by Gasteiger charge is 2.15. The maximum absolute atomic E-state index is 13.3. The Balaban J connectivity index is 1.58. The summed E-state index contributed by atoms with van der Waals surface area (Å²) in [6.45, 7) is 1.05. The Bertz CT molecular complexity index is 325. The van der Waals surface area contributed by atoms with E-state index in [1.807, 2.05) is 12.1 Å². The summed E-state index contributed by atoms with van der Waals surface area (Å²) in [4.78, 5) is 0. The van der Waals surface area contributed by atoms with Gasteiger partial charge in [0.1, 0.15) is 5.82 Å². The van der Waals surface area contributed by atoms with Gasteiger partial charge in [0.15, 0.2) is 0 Å². The molecular weight excluding hydrogens is 221 g/mol. The molecule has 0 aliphatic heterocycles. The van der Waals surface area contributed by atoms with Crippen LogP contribution in [-0.4, -0.2) is 18.3 Å². The molecule has 1 aromatic carbocycles. The summed E-state index contributed by atoms with van der Waals surface area (Å²) < 4.78 is 13.3. The van der Waals surface area contributed by atoms with Crippen molar-refractivity contribution in [2.24, 2.45) is 0 Å². The molecule has 2 rings (SSSR count). The number of thioether (sulfide) groups is 1. The molecule has 0 radical (unpaired) electrons. The highest BCUT2D eigenvalue weighted by atomic mass is 32.2. The first-order chi connectivity index (χ1) is 7.86. The molecule has 16 heavy (non-hydrogen) atoms. The molecule has 1 fully saturated rings. The lowest BCUT2D eigenvalue weighted by molar-refractivity contribution is 0.347. The van der Waals surface area contributed by atoms with Crippen LogP contribution < -0.4 is 5.32 Å². The van der Waals surface area contributed by atoms with E-state index in [9.17, 15) is 4.39 Å². The van der Waals surface area contributed by atoms with Gasteiger partial charge in [-0.05, 0) is 24.5 Å². The number of hydrogen-bond acceptors (Lipinski definition) is 2. The number of rotatable bonds is 6. The number of benzene rings is 1. The van der Waals surface area contributed by atoms with Crippen molar-refractivity contribution in [3.63, 3.8) is 0 Å². The van der Waals surface area contributed by atoms with E-state index in [1.54, 1.807) is 17.8 Å². The number of halogens is 1. The van der Waals surface area contributed by atoms with Gasteiger partial charge in [0, 0.05) is 24.1 Å². The molecular formula is C13H18FNS. The van der Waals surface area contributed by atoms with Crippen LogP contribution in [0.15, 0.2) is 24.3 Å². The molecule has 1 saturated carbocycles. The van der Waals surface area contributed by atoms with E-state index in [1.165, 1.54) is 25.3 Å². The Morgan fingerprint density at radius 1 is 1.31 bits per heavy atom. The van der Waals surface area contributed by atoms with E-state index in [0.29, 0.717) is 0 Å². The molecule has 1 aliphatic carbocycles. The van der Waals surface area contributed by atoms with Crippen LogP contribution in [0, 0.1) is 5.82 Å². The minimum absolute atomic E-state index is 0.0815. The first kappa shape index (κ1) is 11.9. The molecule has 0 aromatic heterocycles. The summed E-state index contributed by atoms with van der Waals surface area (Å²) in [7, 11) is 0. The third kappa shape index (κ3) is 3.49. The standard InChI is InChI=1S/C13H18FNS/c14-13-7-2-1-4-11(13)10-16-9-8-15-12-5-3-6-12/h1-2,4,7,12,15H,3,5-6,8-10H2. The van der Waals surface area contributed by atoms with Crippen molar-refractivity contribution in [1.82, 2.24) is 5.32 Å². The summed E-state index contributed by atoms with van der Waals surface area (Å²) in [5.74, 6) is 1.76. The van der Waals surface area contributed by atoms with E-state index in [2.05, 4.69) is 5.32 Å². The predicted octanol–water partition coefficient (Wildman–Crippen LogP) is 3.20. The Labute approximate surface area is 101 Å². The van der Waals surface area contributed by atoms with Gasteiger partial charge in [-0.25, -0.2) is 4.39 Å². The summed E-state index contributed by atoms with van der Waals surface area (Å²) in [5, 5.41) is 3.51. The molecule has 0 atom stereocenters. The number of nitrogens with one attached hydrogen (secondary N) is 1. The van der Waals surface area contributed by atoms with Crippen LogP contribution in [0.2, 0.25) is 0 Å². The monoisotopic (exact) mass is 239 g/mol. The van der Waals surface area contributed by atoms with Crippen LogP contribution in [0.4, 0.5) is 4.39 Å². The zero-order valence-corrected chi connectivity index (χ0v) is 10.2. The Morgan fingerprint density at radius 3 is 2.81 bits per heavy atom. The lowest BCUT2D eigenvalue weighted by Gasteiger charge is -2.26. The van der Waals surface area contributed by atoms with Crippen LogP contribution in [0.3, 0.4) is 0 Å². The Kier molecular flexibility index (Phi) is 4.67. The summed E-state index contributed by atoms with van der Waals surface area (Å²) in [6, 6.07) is 7.78. The zero-order valence-electron chi connectivity index (χ0n) is 9.42. The molecule has 3 heteroatoms. The quantitative estimate of drug-likeness (QED) is 0.765. The topological polar surface area (TPSA) is 12.0 Å². The Morgan fingerprint density at radius 2 is 2.12 bits per heavy atom. The molecule has 0 spiro atoms. The molecule has 1 N–H and O–H groups in total. The average Bonchev–Trinajstić information content (AvgIpc) is 2.23. The fourth-order valence-corrected chi connectivity index (χ4v) is 2.61. The second kappa shape index (κ2) is 6.26. The molecule has 1 aromatic rings. The summed E-state index contributed by atoms with van der Waals surface area (Å²) in [5.41, 5.74) is 0.816. The first-order valence-corrected chi connectivity index (χ1v) is 7.06. The smallest absolute Gasteiger partial charge is 0.127 e. The second-order valence-electron chi connectivity index (χ2n) is 4.23. The number of hydrogen-bond donors (Lipinski definition) is 1. The van der Waals surface area contributed by atoms with Crippen molar-refractivity contribution in [3.05, 3.63) is 35.6 Å². The molecule has 0 saturated heterocycles. The molecule has 1 nitrogen and oxygen atoms in total. The van der Waals surface area contributed by atoms with Crippen LogP contribution in [0.25, 0.3) is 0 Å². The van der Waals surface area contributed by atoms with Gasteiger partial charge < -0.3 is 5.32 Å². The van der Waals surface area contributed by atoms with Gasteiger partial charge in [0.25, 0.3) is 0 Å². The van der Waals surface area contributed by atoms with Gasteiger partial charge >= 0.3 is 0 Å². The normalized spacial score (nSPS) is 16.1. The first-order valence-electron chi connectivity index (χ1n) is 5.91. The highest BCUT2D eigenvalue weighted by molar-refractivity contribution is 7.98. The lowest BCUT2D eigenvalue weighted by atomic mass is 9.93. The highest BCUT2D eigenvalue weighted by Crippen LogP contribution is 2.18. The van der Waals surface area contributed by atoms with E-state index < -0.39 is 0 Å². The Hall–Kier alpha value is -0.540. The van der Waals surface area contributed by atoms with Crippen molar-refractivity contribution in [3.8, 4) is 0 Å². The van der Waals surface area contributed by atoms with Gasteiger partial charge in [-0.2, -0.15) is 11.8 Å². The van der Waals surface area contributed by atoms with Gasteiger partial charge in [0.05, 0.1) is 0 Å². The van der Waals surface area contributed by atoms with Gasteiger partial charge in [0.2, 0.25) is 0 Å². The van der Waals surface area contributed by atoms with E-state index in [-0.39, 0.29) is 5.82 Å². The van der Waals surface area contributed by atoms with Crippen molar-refractivity contribution in [1.29, 1.82) is 0 Å². The summed E-state index contributed by atoms with van der Waals surface area (Å²) >= 11 is 1.79. The predicted molar refractivity (Wildman–Crippen MR) is 68.2 cm³/mol. The van der Waals surface area contributed by atoms with Crippen LogP contribution in [-0.2, 0) is 5.75 Å². The molecule has 0 heterocycles. The van der Waals surface area contributed by atoms with Crippen molar-refractivity contribution in [2.45, 2.75) is 31.1 Å². The second-order valence-corrected chi connectivity index (χ2v) is 5.33. The van der Waals surface area contributed by atoms with Crippen molar-refractivity contribution >= 4 is 11.8 Å². The average molecular weight is 239 g/mol. The SMILES string of the molecule is Fc1ccccc1CSCCNC1CCC1. The van der Waals surface area contributed by atoms with Gasteiger partial charge in [-0.3, -0.25) is 0 Å². The molecule has 0 bridgehead atoms. The molecule has 88 valence electrons. The molecule has 1 aliphatic rings. The third-order valence-electron chi connectivity index (χ3n) is 3.00. The fourth-order valence-electron chi connectivity index (χ4n) is 1.75. The van der Waals surface area contributed by atoms with Gasteiger partial charge in [-0.1, -0.05) is 24.6 Å². The van der Waals surface area contributed by atoms with Crippen molar-refractivity contribution < 1.29 is 4.39 Å². The zero-order chi connectivity index (χ0) is 11.2. The fraction of sp³-hybridized carbons (Fsp3) is 0.538. The molecule has 0 unspecified atom stereocenters. The van der Waals surface area contributed by atoms with E-state index in [0.717, 1.165) is 29.7 Å². The largest absolute Gasteiger partial charge is 0.313 e. The van der Waals surface area contributed by atoms with Crippen LogP contribution in [0.5, 0.6) is 0 Å². The van der Waals surface area contributed by atoms with Gasteiger partial charge in [-0.15, -0.1) is 0 Å². The lowest BCUT2D eigenvalue weighted by Crippen LogP contribution is -2.36. The van der Waals surface area contributed by atoms with Crippen LogP contribution in [0.1, 0.15) is 24.8 Å². The minimum Gasteiger partial charge on any atom is -0.313 e. The van der Waals surface area contributed by atoms with E-state index in [4.69, 9.17) is 0 Å². The van der Waals surface area contributed by atoms with Crippen LogP contribution >= 0.6 is 11.8 Å².